The first-order valence-corrected chi connectivity index (χ1v) is 8.02. The Morgan fingerprint density at radius 2 is 2.04 bits per heavy atom. The van der Waals surface area contributed by atoms with E-state index in [-0.39, 0.29) is 5.91 Å². The number of carbonyl (C=O) groups is 1. The molecular weight excluding hydrogens is 292 g/mol. The lowest BCUT2D eigenvalue weighted by atomic mass is 10.2. The molecule has 1 amide bonds. The molecule has 0 aromatic carbocycles. The van der Waals surface area contributed by atoms with Crippen molar-refractivity contribution in [3.8, 4) is 0 Å². The first-order chi connectivity index (χ1) is 11.2. The maximum atomic E-state index is 12.4. The molecule has 3 heterocycles. The molecule has 0 atom stereocenters. The summed E-state index contributed by atoms with van der Waals surface area (Å²) < 4.78 is 5.14. The van der Waals surface area contributed by atoms with Crippen molar-refractivity contribution in [2.24, 2.45) is 0 Å². The first kappa shape index (κ1) is 15.7. The summed E-state index contributed by atoms with van der Waals surface area (Å²) in [6.07, 6.45) is 4.93. The van der Waals surface area contributed by atoms with Crippen LogP contribution in [0.1, 0.15) is 23.4 Å². The van der Waals surface area contributed by atoms with Crippen LogP contribution in [0.3, 0.4) is 0 Å². The molecule has 0 radical (unpaired) electrons. The van der Waals surface area contributed by atoms with Crippen molar-refractivity contribution < 1.29 is 9.32 Å². The zero-order valence-corrected chi connectivity index (χ0v) is 13.4. The molecule has 1 aliphatic rings. The van der Waals surface area contributed by atoms with Crippen LogP contribution in [0.25, 0.3) is 0 Å². The summed E-state index contributed by atoms with van der Waals surface area (Å²) in [5.74, 6) is 0.761. The molecule has 3 rings (SSSR count). The zero-order chi connectivity index (χ0) is 16.1. The molecule has 0 saturated carbocycles. The van der Waals surface area contributed by atoms with Crippen LogP contribution in [-0.4, -0.2) is 52.0 Å². The summed E-state index contributed by atoms with van der Waals surface area (Å²) >= 11 is 0. The standard InChI is InChI=1S/C17H22N4O2/c1-14-11-16(23-19-14)12-17(22)21-8-2-7-20(9-10-21)13-15-3-5-18-6-4-15/h3-6,11H,2,7-10,12-13H2,1H3. The van der Waals surface area contributed by atoms with Gasteiger partial charge < -0.3 is 9.42 Å². The fraction of sp³-hybridized carbons (Fsp3) is 0.471. The normalized spacial score (nSPS) is 16.3. The molecule has 1 saturated heterocycles. The zero-order valence-electron chi connectivity index (χ0n) is 13.4. The molecular formula is C17H22N4O2. The van der Waals surface area contributed by atoms with Gasteiger partial charge in [0.25, 0.3) is 0 Å². The summed E-state index contributed by atoms with van der Waals surface area (Å²) in [6, 6.07) is 5.91. The van der Waals surface area contributed by atoms with Gasteiger partial charge in [0.1, 0.15) is 5.76 Å². The SMILES string of the molecule is Cc1cc(CC(=O)N2CCCN(Cc3ccncc3)CC2)on1. The van der Waals surface area contributed by atoms with Crippen molar-refractivity contribution in [1.82, 2.24) is 19.9 Å². The van der Waals surface area contributed by atoms with Crippen LogP contribution >= 0.6 is 0 Å². The second-order valence-corrected chi connectivity index (χ2v) is 5.98. The summed E-state index contributed by atoms with van der Waals surface area (Å²) in [5.41, 5.74) is 2.07. The van der Waals surface area contributed by atoms with Crippen LogP contribution in [0, 0.1) is 6.92 Å². The van der Waals surface area contributed by atoms with Crippen molar-refractivity contribution in [3.05, 3.63) is 47.6 Å². The Balaban J connectivity index is 1.52. The second-order valence-electron chi connectivity index (χ2n) is 5.98. The fourth-order valence-electron chi connectivity index (χ4n) is 2.89. The Hall–Kier alpha value is -2.21. The van der Waals surface area contributed by atoms with Crippen molar-refractivity contribution in [3.63, 3.8) is 0 Å². The summed E-state index contributed by atoms with van der Waals surface area (Å²) in [4.78, 5) is 20.8. The van der Waals surface area contributed by atoms with Gasteiger partial charge in [-0.25, -0.2) is 0 Å². The average Bonchev–Trinajstić information content (AvgIpc) is 2.82. The van der Waals surface area contributed by atoms with Gasteiger partial charge in [-0.15, -0.1) is 0 Å². The summed E-state index contributed by atoms with van der Waals surface area (Å²) in [6.45, 7) is 6.24. The van der Waals surface area contributed by atoms with Crippen LogP contribution in [0.4, 0.5) is 0 Å². The molecule has 1 fully saturated rings. The van der Waals surface area contributed by atoms with Crippen LogP contribution in [-0.2, 0) is 17.8 Å². The molecule has 23 heavy (non-hydrogen) atoms. The number of carbonyl (C=O) groups excluding carboxylic acids is 1. The number of aryl methyl sites for hydroxylation is 1. The lowest BCUT2D eigenvalue weighted by molar-refractivity contribution is -0.130. The molecule has 0 unspecified atom stereocenters. The van der Waals surface area contributed by atoms with Crippen LogP contribution in [0.5, 0.6) is 0 Å². The number of rotatable bonds is 4. The van der Waals surface area contributed by atoms with E-state index in [0.717, 1.165) is 44.8 Å². The lowest BCUT2D eigenvalue weighted by Crippen LogP contribution is -2.36. The van der Waals surface area contributed by atoms with Crippen LogP contribution in [0.15, 0.2) is 35.1 Å². The number of amides is 1. The Morgan fingerprint density at radius 3 is 2.78 bits per heavy atom. The van der Waals surface area contributed by atoms with Gasteiger partial charge in [-0.05, 0) is 31.0 Å². The predicted octanol–water partition coefficient (Wildman–Crippen LogP) is 1.66. The molecule has 0 aliphatic carbocycles. The fourth-order valence-corrected chi connectivity index (χ4v) is 2.89. The highest BCUT2D eigenvalue weighted by molar-refractivity contribution is 5.78. The third-order valence-corrected chi connectivity index (χ3v) is 4.10. The highest BCUT2D eigenvalue weighted by atomic mass is 16.5. The van der Waals surface area contributed by atoms with Crippen LogP contribution < -0.4 is 0 Å². The van der Waals surface area contributed by atoms with Crippen molar-refractivity contribution in [2.75, 3.05) is 26.2 Å². The number of hydrogen-bond acceptors (Lipinski definition) is 5. The van der Waals surface area contributed by atoms with Gasteiger partial charge >= 0.3 is 0 Å². The minimum absolute atomic E-state index is 0.118. The molecule has 122 valence electrons. The Kier molecular flexibility index (Phi) is 5.02. The maximum Gasteiger partial charge on any atom is 0.230 e. The quantitative estimate of drug-likeness (QED) is 0.859. The van der Waals surface area contributed by atoms with Crippen molar-refractivity contribution in [1.29, 1.82) is 0 Å². The van der Waals surface area contributed by atoms with Gasteiger partial charge in [0, 0.05) is 51.2 Å². The highest BCUT2D eigenvalue weighted by Crippen LogP contribution is 2.11. The molecule has 1 aliphatic heterocycles. The Labute approximate surface area is 136 Å². The lowest BCUT2D eigenvalue weighted by Gasteiger charge is -2.21. The topological polar surface area (TPSA) is 62.5 Å². The van der Waals surface area contributed by atoms with E-state index < -0.39 is 0 Å². The number of nitrogens with zero attached hydrogens (tertiary/aromatic N) is 4. The molecule has 0 N–H and O–H groups in total. The monoisotopic (exact) mass is 314 g/mol. The van der Waals surface area contributed by atoms with Crippen molar-refractivity contribution in [2.45, 2.75) is 26.3 Å². The van der Waals surface area contributed by atoms with Gasteiger partial charge in [0.2, 0.25) is 5.91 Å². The highest BCUT2D eigenvalue weighted by Gasteiger charge is 2.20. The van der Waals surface area contributed by atoms with E-state index in [1.807, 2.05) is 42.4 Å². The van der Waals surface area contributed by atoms with Gasteiger partial charge in [-0.2, -0.15) is 0 Å². The smallest absolute Gasteiger partial charge is 0.230 e. The summed E-state index contributed by atoms with van der Waals surface area (Å²) in [5, 5.41) is 3.83. The van der Waals surface area contributed by atoms with Gasteiger partial charge in [-0.3, -0.25) is 14.7 Å². The van der Waals surface area contributed by atoms with E-state index in [9.17, 15) is 4.79 Å². The van der Waals surface area contributed by atoms with Crippen molar-refractivity contribution >= 4 is 5.91 Å². The van der Waals surface area contributed by atoms with E-state index in [2.05, 4.69) is 15.0 Å². The number of pyridine rings is 1. The van der Waals surface area contributed by atoms with E-state index in [4.69, 9.17) is 4.52 Å². The Bertz CT molecular complexity index is 641. The minimum atomic E-state index is 0.118. The van der Waals surface area contributed by atoms with E-state index >= 15 is 0 Å². The molecule has 2 aromatic heterocycles. The summed E-state index contributed by atoms with van der Waals surface area (Å²) in [7, 11) is 0. The second kappa shape index (κ2) is 7.37. The number of aromatic nitrogens is 2. The maximum absolute atomic E-state index is 12.4. The van der Waals surface area contributed by atoms with E-state index in [1.165, 1.54) is 5.56 Å². The first-order valence-electron chi connectivity index (χ1n) is 8.02. The van der Waals surface area contributed by atoms with Gasteiger partial charge in [0.15, 0.2) is 0 Å². The minimum Gasteiger partial charge on any atom is -0.361 e. The van der Waals surface area contributed by atoms with E-state index in [0.29, 0.717) is 12.2 Å². The van der Waals surface area contributed by atoms with E-state index in [1.54, 1.807) is 0 Å². The van der Waals surface area contributed by atoms with Gasteiger partial charge in [0.05, 0.1) is 12.1 Å². The molecule has 0 bridgehead atoms. The van der Waals surface area contributed by atoms with Crippen LogP contribution in [0.2, 0.25) is 0 Å². The molecule has 0 spiro atoms. The third-order valence-electron chi connectivity index (χ3n) is 4.10. The van der Waals surface area contributed by atoms with Gasteiger partial charge in [-0.1, -0.05) is 5.16 Å². The molecule has 6 heteroatoms. The number of hydrogen-bond donors (Lipinski definition) is 0. The third kappa shape index (κ3) is 4.39. The Morgan fingerprint density at radius 1 is 1.22 bits per heavy atom. The molecule has 6 nitrogen and oxygen atoms in total. The largest absolute Gasteiger partial charge is 0.361 e. The average molecular weight is 314 g/mol. The molecule has 2 aromatic rings. The predicted molar refractivity (Wildman–Crippen MR) is 85.7 cm³/mol.